The molecule has 1 aliphatic heterocycles. The Morgan fingerprint density at radius 3 is 3.16 bits per heavy atom. The molecule has 134 valence electrons. The summed E-state index contributed by atoms with van der Waals surface area (Å²) in [5.74, 6) is 1.36. The van der Waals surface area contributed by atoms with E-state index in [0.717, 1.165) is 41.1 Å². The normalized spacial score (nSPS) is 13.4. The maximum absolute atomic E-state index is 12.2. The van der Waals surface area contributed by atoms with Crippen LogP contribution in [0.1, 0.15) is 24.1 Å². The number of halogens is 2. The van der Waals surface area contributed by atoms with Gasteiger partial charge in [0.05, 0.1) is 17.3 Å². The third-order valence-electron chi connectivity index (χ3n) is 4.03. The molecule has 0 saturated carbocycles. The van der Waals surface area contributed by atoms with Crippen LogP contribution in [-0.2, 0) is 24.8 Å². The van der Waals surface area contributed by atoms with Gasteiger partial charge in [-0.2, -0.15) is 5.10 Å². The molecule has 2 heterocycles. The summed E-state index contributed by atoms with van der Waals surface area (Å²) in [7, 11) is 1.85. The molecule has 0 aliphatic carbocycles. The van der Waals surface area contributed by atoms with Crippen LogP contribution in [0.4, 0.5) is 5.82 Å². The van der Waals surface area contributed by atoms with E-state index in [4.69, 9.17) is 16.3 Å². The number of aromatic nitrogens is 2. The third kappa shape index (κ3) is 4.54. The molecule has 8 heteroatoms. The van der Waals surface area contributed by atoms with Crippen molar-refractivity contribution in [3.63, 3.8) is 0 Å². The molecule has 0 fully saturated rings. The fraction of sp³-hybridized carbons (Fsp3) is 0.412. The maximum Gasteiger partial charge on any atom is 0.225 e. The topological polar surface area (TPSA) is 68.2 Å². The Labute approximate surface area is 160 Å². The molecule has 0 atom stereocenters. The summed E-state index contributed by atoms with van der Waals surface area (Å²) < 4.78 is 8.28. The van der Waals surface area contributed by atoms with Crippen molar-refractivity contribution in [2.45, 2.75) is 25.8 Å². The van der Waals surface area contributed by atoms with Gasteiger partial charge in [0.2, 0.25) is 5.91 Å². The third-order valence-corrected chi connectivity index (χ3v) is 4.81. The average Bonchev–Trinajstić information content (AvgIpc) is 2.89. The number of hydrogen-bond acceptors (Lipinski definition) is 4. The lowest BCUT2D eigenvalue weighted by atomic mass is 10.1. The monoisotopic (exact) mass is 426 g/mol. The Morgan fingerprint density at radius 1 is 1.52 bits per heavy atom. The van der Waals surface area contributed by atoms with Crippen LogP contribution in [0.3, 0.4) is 0 Å². The van der Waals surface area contributed by atoms with E-state index >= 15 is 0 Å². The van der Waals surface area contributed by atoms with E-state index in [9.17, 15) is 4.79 Å². The highest BCUT2D eigenvalue weighted by atomic mass is 79.9. The van der Waals surface area contributed by atoms with E-state index in [1.165, 1.54) is 0 Å². The lowest BCUT2D eigenvalue weighted by Gasteiger charge is -2.13. The van der Waals surface area contributed by atoms with Crippen molar-refractivity contribution >= 4 is 39.3 Å². The van der Waals surface area contributed by atoms with Crippen molar-refractivity contribution in [2.24, 2.45) is 7.05 Å². The van der Waals surface area contributed by atoms with E-state index in [1.807, 2.05) is 13.1 Å². The van der Waals surface area contributed by atoms with Crippen molar-refractivity contribution in [1.29, 1.82) is 0 Å². The minimum Gasteiger partial charge on any atom is -0.492 e. The van der Waals surface area contributed by atoms with Gasteiger partial charge < -0.3 is 15.4 Å². The molecule has 3 rings (SSSR count). The van der Waals surface area contributed by atoms with Crippen LogP contribution in [0.2, 0.25) is 5.02 Å². The second-order valence-electron chi connectivity index (χ2n) is 5.90. The summed E-state index contributed by atoms with van der Waals surface area (Å²) in [6.07, 6.45) is 1.87. The number of carbonyl (C=O) groups is 1. The fourth-order valence-electron chi connectivity index (χ4n) is 2.79. The number of nitrogens with zero attached hydrogens (tertiary/aromatic N) is 2. The summed E-state index contributed by atoms with van der Waals surface area (Å²) in [5, 5.41) is 11.3. The Bertz CT molecular complexity index is 778. The first-order valence-electron chi connectivity index (χ1n) is 8.18. The highest BCUT2D eigenvalue weighted by Crippen LogP contribution is 2.28. The second kappa shape index (κ2) is 8.21. The Hall–Kier alpha value is -1.57. The molecule has 0 spiro atoms. The number of fused-ring (bicyclic) bond motifs is 1. The number of benzene rings is 1. The standard InChI is InChI=1S/C17H20BrClN4O2/c1-23-17(12-10-20-7-6-14(12)22-23)21-16(24)3-2-8-25-15-5-4-11(18)9-13(15)19/h4-5,9,20H,2-3,6-8,10H2,1H3,(H,21,24). The van der Waals surface area contributed by atoms with Crippen LogP contribution in [0.15, 0.2) is 22.7 Å². The zero-order chi connectivity index (χ0) is 17.8. The smallest absolute Gasteiger partial charge is 0.225 e. The van der Waals surface area contributed by atoms with Crippen LogP contribution < -0.4 is 15.4 Å². The van der Waals surface area contributed by atoms with Crippen LogP contribution >= 0.6 is 27.5 Å². The van der Waals surface area contributed by atoms with Gasteiger partial charge in [0.25, 0.3) is 0 Å². The molecule has 0 saturated heterocycles. The molecule has 1 aromatic carbocycles. The van der Waals surface area contributed by atoms with Crippen molar-refractivity contribution in [3.8, 4) is 5.75 Å². The highest BCUT2D eigenvalue weighted by Gasteiger charge is 2.20. The lowest BCUT2D eigenvalue weighted by molar-refractivity contribution is -0.116. The largest absolute Gasteiger partial charge is 0.492 e. The van der Waals surface area contributed by atoms with Crippen molar-refractivity contribution in [3.05, 3.63) is 39.0 Å². The summed E-state index contributed by atoms with van der Waals surface area (Å²) in [4.78, 5) is 12.2. The molecule has 25 heavy (non-hydrogen) atoms. The number of nitrogens with one attached hydrogen (secondary N) is 2. The highest BCUT2D eigenvalue weighted by molar-refractivity contribution is 9.10. The Morgan fingerprint density at radius 2 is 2.36 bits per heavy atom. The molecule has 0 unspecified atom stereocenters. The van der Waals surface area contributed by atoms with Gasteiger partial charge >= 0.3 is 0 Å². The summed E-state index contributed by atoms with van der Waals surface area (Å²) >= 11 is 9.45. The molecule has 0 radical (unpaired) electrons. The molecule has 6 nitrogen and oxygen atoms in total. The number of amides is 1. The molecular weight excluding hydrogens is 408 g/mol. The molecule has 2 N–H and O–H groups in total. The molecule has 1 aromatic heterocycles. The maximum atomic E-state index is 12.2. The average molecular weight is 428 g/mol. The Kier molecular flexibility index (Phi) is 5.98. The minimum atomic E-state index is -0.0399. The van der Waals surface area contributed by atoms with Gasteiger partial charge in [-0.1, -0.05) is 27.5 Å². The molecule has 1 aliphatic rings. The van der Waals surface area contributed by atoms with Gasteiger partial charge in [-0.25, -0.2) is 0 Å². The summed E-state index contributed by atoms with van der Waals surface area (Å²) in [6, 6.07) is 5.46. The number of aryl methyl sites for hydroxylation is 1. The summed E-state index contributed by atoms with van der Waals surface area (Å²) in [6.45, 7) is 2.09. The number of ether oxygens (including phenoxy) is 1. The quantitative estimate of drug-likeness (QED) is 0.694. The first-order chi connectivity index (χ1) is 12.0. The first-order valence-corrected chi connectivity index (χ1v) is 9.35. The van der Waals surface area contributed by atoms with E-state index in [-0.39, 0.29) is 5.91 Å². The van der Waals surface area contributed by atoms with Crippen LogP contribution in [0.25, 0.3) is 0 Å². The van der Waals surface area contributed by atoms with Gasteiger partial charge in [-0.3, -0.25) is 9.48 Å². The van der Waals surface area contributed by atoms with E-state index < -0.39 is 0 Å². The van der Waals surface area contributed by atoms with E-state index in [1.54, 1.807) is 16.8 Å². The van der Waals surface area contributed by atoms with Gasteiger partial charge in [-0.15, -0.1) is 0 Å². The van der Waals surface area contributed by atoms with E-state index in [2.05, 4.69) is 31.7 Å². The van der Waals surface area contributed by atoms with Crippen LogP contribution in [0, 0.1) is 0 Å². The predicted octanol–water partition coefficient (Wildman–Crippen LogP) is 3.28. The minimum absolute atomic E-state index is 0.0399. The lowest BCUT2D eigenvalue weighted by Crippen LogP contribution is -2.24. The van der Waals surface area contributed by atoms with Crippen LogP contribution in [0.5, 0.6) is 5.75 Å². The van der Waals surface area contributed by atoms with Gasteiger partial charge in [0.1, 0.15) is 11.6 Å². The zero-order valence-electron chi connectivity index (χ0n) is 13.9. The predicted molar refractivity (Wildman–Crippen MR) is 101 cm³/mol. The number of rotatable bonds is 6. The van der Waals surface area contributed by atoms with Gasteiger partial charge in [-0.05, 0) is 24.6 Å². The number of carbonyl (C=O) groups excluding carboxylic acids is 1. The fourth-order valence-corrected chi connectivity index (χ4v) is 3.52. The first kappa shape index (κ1) is 18.2. The van der Waals surface area contributed by atoms with Crippen LogP contribution in [-0.4, -0.2) is 28.8 Å². The Balaban J connectivity index is 1.48. The molecule has 1 amide bonds. The van der Waals surface area contributed by atoms with E-state index in [0.29, 0.717) is 30.2 Å². The molecule has 0 bridgehead atoms. The molecule has 2 aromatic rings. The number of anilines is 1. The van der Waals surface area contributed by atoms with Crippen molar-refractivity contribution in [1.82, 2.24) is 15.1 Å². The van der Waals surface area contributed by atoms with Crippen molar-refractivity contribution < 1.29 is 9.53 Å². The summed E-state index contributed by atoms with van der Waals surface area (Å²) in [5.41, 5.74) is 2.14. The zero-order valence-corrected chi connectivity index (χ0v) is 16.3. The molecular formula is C17H20BrClN4O2. The number of hydrogen-bond donors (Lipinski definition) is 2. The van der Waals surface area contributed by atoms with Crippen molar-refractivity contribution in [2.75, 3.05) is 18.5 Å². The van der Waals surface area contributed by atoms with Gasteiger partial charge in [0.15, 0.2) is 0 Å². The van der Waals surface area contributed by atoms with Gasteiger partial charge in [0, 0.05) is 43.0 Å². The SMILES string of the molecule is Cn1nc2c(c1NC(=O)CCCOc1ccc(Br)cc1Cl)CNCC2. The second-order valence-corrected chi connectivity index (χ2v) is 7.22.